The van der Waals surface area contributed by atoms with Gasteiger partial charge < -0.3 is 10.6 Å². The molecule has 2 heterocycles. The van der Waals surface area contributed by atoms with Crippen LogP contribution < -0.4 is 10.6 Å². The van der Waals surface area contributed by atoms with Gasteiger partial charge in [0.15, 0.2) is 5.13 Å². The summed E-state index contributed by atoms with van der Waals surface area (Å²) in [6.07, 6.45) is 3.94. The quantitative estimate of drug-likeness (QED) is 0.813. The van der Waals surface area contributed by atoms with E-state index in [1.165, 1.54) is 19.3 Å². The molecule has 0 radical (unpaired) electrons. The molecule has 1 unspecified atom stereocenters. The first-order valence-electron chi connectivity index (χ1n) is 5.22. The number of hydrogen-bond donors (Lipinski definition) is 1. The van der Waals surface area contributed by atoms with E-state index >= 15 is 0 Å². The summed E-state index contributed by atoms with van der Waals surface area (Å²) in [7, 11) is 0. The van der Waals surface area contributed by atoms with Crippen molar-refractivity contribution < 1.29 is 0 Å². The second kappa shape index (κ2) is 4.28. The first-order chi connectivity index (χ1) is 6.81. The minimum absolute atomic E-state index is 0.554. The van der Waals surface area contributed by atoms with Gasteiger partial charge in [-0.1, -0.05) is 0 Å². The highest BCUT2D eigenvalue weighted by Crippen LogP contribution is 2.27. The van der Waals surface area contributed by atoms with E-state index in [9.17, 15) is 0 Å². The van der Waals surface area contributed by atoms with Crippen LogP contribution in [0.25, 0.3) is 0 Å². The number of piperidine rings is 1. The van der Waals surface area contributed by atoms with Gasteiger partial charge in [-0.25, -0.2) is 4.98 Å². The van der Waals surface area contributed by atoms with Gasteiger partial charge in [-0.3, -0.25) is 0 Å². The van der Waals surface area contributed by atoms with E-state index in [0.29, 0.717) is 12.6 Å². The molecule has 3 nitrogen and oxygen atoms in total. The molecule has 1 fully saturated rings. The largest absolute Gasteiger partial charge is 0.345 e. The Hall–Kier alpha value is -0.610. The Morgan fingerprint density at radius 1 is 1.64 bits per heavy atom. The first kappa shape index (κ1) is 9.93. The molecule has 1 aliphatic rings. The average Bonchev–Trinajstić information content (AvgIpc) is 2.67. The predicted molar refractivity (Wildman–Crippen MR) is 60.7 cm³/mol. The minimum atomic E-state index is 0.554. The Balaban J connectivity index is 2.12. The molecule has 0 bridgehead atoms. The number of nitrogens with zero attached hydrogens (tertiary/aromatic N) is 2. The zero-order valence-corrected chi connectivity index (χ0v) is 9.39. The van der Waals surface area contributed by atoms with Crippen molar-refractivity contribution in [1.29, 1.82) is 0 Å². The molecule has 0 spiro atoms. The highest BCUT2D eigenvalue weighted by molar-refractivity contribution is 7.13. The van der Waals surface area contributed by atoms with E-state index < -0.39 is 0 Å². The first-order valence-corrected chi connectivity index (χ1v) is 6.10. The van der Waals surface area contributed by atoms with Crippen LogP contribution in [0.2, 0.25) is 0 Å². The van der Waals surface area contributed by atoms with Gasteiger partial charge in [-0.15, -0.1) is 11.3 Å². The van der Waals surface area contributed by atoms with Gasteiger partial charge in [-0.05, 0) is 26.2 Å². The summed E-state index contributed by atoms with van der Waals surface area (Å²) in [5.41, 5.74) is 6.57. The molecule has 0 saturated carbocycles. The summed E-state index contributed by atoms with van der Waals surface area (Å²) in [6, 6.07) is 0.639. The summed E-state index contributed by atoms with van der Waals surface area (Å²) in [4.78, 5) is 6.93. The van der Waals surface area contributed by atoms with E-state index in [1.807, 2.05) is 0 Å². The van der Waals surface area contributed by atoms with Crippen LogP contribution >= 0.6 is 11.3 Å². The van der Waals surface area contributed by atoms with Crippen LogP contribution in [0.5, 0.6) is 0 Å². The van der Waals surface area contributed by atoms with Crippen molar-refractivity contribution in [2.75, 3.05) is 11.4 Å². The lowest BCUT2D eigenvalue weighted by Crippen LogP contribution is -2.37. The fourth-order valence-electron chi connectivity index (χ4n) is 1.90. The van der Waals surface area contributed by atoms with Crippen molar-refractivity contribution in [3.05, 3.63) is 11.1 Å². The van der Waals surface area contributed by atoms with Crippen LogP contribution in [0.4, 0.5) is 5.13 Å². The van der Waals surface area contributed by atoms with Crippen LogP contribution in [0.1, 0.15) is 31.9 Å². The topological polar surface area (TPSA) is 42.2 Å². The minimum Gasteiger partial charge on any atom is -0.345 e. The molecule has 1 atom stereocenters. The van der Waals surface area contributed by atoms with Crippen LogP contribution in [-0.4, -0.2) is 17.6 Å². The molecule has 2 N–H and O–H groups in total. The number of aromatic nitrogens is 1. The van der Waals surface area contributed by atoms with E-state index in [2.05, 4.69) is 22.2 Å². The van der Waals surface area contributed by atoms with Crippen molar-refractivity contribution in [3.8, 4) is 0 Å². The number of thiazole rings is 1. The van der Waals surface area contributed by atoms with Crippen molar-refractivity contribution >= 4 is 16.5 Å². The maximum absolute atomic E-state index is 5.55. The van der Waals surface area contributed by atoms with Crippen LogP contribution in [0, 0.1) is 0 Å². The third kappa shape index (κ3) is 1.91. The van der Waals surface area contributed by atoms with E-state index in [0.717, 1.165) is 17.4 Å². The summed E-state index contributed by atoms with van der Waals surface area (Å²) < 4.78 is 0. The third-order valence-electron chi connectivity index (χ3n) is 2.80. The SMILES string of the molecule is CC1CCCCN1c1nc(CN)cs1. The predicted octanol–water partition coefficient (Wildman–Crippen LogP) is 1.98. The Bertz CT molecular complexity index is 297. The highest BCUT2D eigenvalue weighted by atomic mass is 32.1. The number of anilines is 1. The monoisotopic (exact) mass is 211 g/mol. The zero-order valence-electron chi connectivity index (χ0n) is 8.57. The van der Waals surface area contributed by atoms with Crippen molar-refractivity contribution in [1.82, 2.24) is 4.98 Å². The Morgan fingerprint density at radius 2 is 2.50 bits per heavy atom. The smallest absolute Gasteiger partial charge is 0.185 e. The van der Waals surface area contributed by atoms with Gasteiger partial charge in [0, 0.05) is 24.5 Å². The molecule has 14 heavy (non-hydrogen) atoms. The van der Waals surface area contributed by atoms with E-state index in [1.54, 1.807) is 11.3 Å². The Kier molecular flexibility index (Phi) is 3.03. The summed E-state index contributed by atoms with van der Waals surface area (Å²) in [6.45, 7) is 3.99. The summed E-state index contributed by atoms with van der Waals surface area (Å²) in [5.74, 6) is 0. The molecule has 1 saturated heterocycles. The molecular weight excluding hydrogens is 194 g/mol. The standard InChI is InChI=1S/C10H17N3S/c1-8-4-2-3-5-13(8)10-12-9(6-11)7-14-10/h7-8H,2-6,11H2,1H3. The van der Waals surface area contributed by atoms with Crippen LogP contribution in [-0.2, 0) is 6.54 Å². The maximum atomic E-state index is 5.55. The maximum Gasteiger partial charge on any atom is 0.185 e. The molecule has 0 amide bonds. The fraction of sp³-hybridized carbons (Fsp3) is 0.700. The lowest BCUT2D eigenvalue weighted by atomic mass is 10.1. The van der Waals surface area contributed by atoms with Crippen LogP contribution in [0.15, 0.2) is 5.38 Å². The third-order valence-corrected chi connectivity index (χ3v) is 3.72. The van der Waals surface area contributed by atoms with Crippen LogP contribution in [0.3, 0.4) is 0 Å². The zero-order chi connectivity index (χ0) is 9.97. The molecule has 1 aromatic rings. The normalized spacial score (nSPS) is 22.7. The summed E-state index contributed by atoms with van der Waals surface area (Å²) >= 11 is 1.72. The molecule has 0 aliphatic carbocycles. The Morgan fingerprint density at radius 3 is 3.14 bits per heavy atom. The van der Waals surface area contributed by atoms with Gasteiger partial charge in [0.05, 0.1) is 5.69 Å². The summed E-state index contributed by atoms with van der Waals surface area (Å²) in [5, 5.41) is 3.22. The van der Waals surface area contributed by atoms with Crippen molar-refractivity contribution in [3.63, 3.8) is 0 Å². The molecule has 1 aromatic heterocycles. The number of rotatable bonds is 2. The molecular formula is C10H17N3S. The molecule has 2 rings (SSSR count). The van der Waals surface area contributed by atoms with Gasteiger partial charge >= 0.3 is 0 Å². The van der Waals surface area contributed by atoms with Gasteiger partial charge in [-0.2, -0.15) is 0 Å². The average molecular weight is 211 g/mol. The molecule has 78 valence electrons. The lowest BCUT2D eigenvalue weighted by molar-refractivity contribution is 0.484. The van der Waals surface area contributed by atoms with Gasteiger partial charge in [0.2, 0.25) is 0 Å². The second-order valence-electron chi connectivity index (χ2n) is 3.86. The second-order valence-corrected chi connectivity index (χ2v) is 4.70. The molecule has 4 heteroatoms. The molecule has 0 aromatic carbocycles. The fourth-order valence-corrected chi connectivity index (χ4v) is 2.87. The van der Waals surface area contributed by atoms with Gasteiger partial charge in [0.25, 0.3) is 0 Å². The Labute approximate surface area is 88.9 Å². The van der Waals surface area contributed by atoms with Crippen molar-refractivity contribution in [2.45, 2.75) is 38.8 Å². The van der Waals surface area contributed by atoms with Crippen molar-refractivity contribution in [2.24, 2.45) is 5.73 Å². The van der Waals surface area contributed by atoms with E-state index in [-0.39, 0.29) is 0 Å². The number of nitrogens with two attached hydrogens (primary N) is 1. The lowest BCUT2D eigenvalue weighted by Gasteiger charge is -2.33. The highest BCUT2D eigenvalue weighted by Gasteiger charge is 2.20. The van der Waals surface area contributed by atoms with E-state index in [4.69, 9.17) is 5.73 Å². The number of hydrogen-bond acceptors (Lipinski definition) is 4. The molecule has 1 aliphatic heterocycles. The van der Waals surface area contributed by atoms with Gasteiger partial charge in [0.1, 0.15) is 0 Å².